The van der Waals surface area contributed by atoms with Crippen LogP contribution < -0.4 is 21.3 Å². The summed E-state index contributed by atoms with van der Waals surface area (Å²) in [5.74, 6) is -3.85. The fraction of sp³-hybridized carbons (Fsp3) is 0.357. The van der Waals surface area contributed by atoms with E-state index in [0.717, 1.165) is 41.9 Å². The van der Waals surface area contributed by atoms with Gasteiger partial charge in [0.05, 0.1) is 54.6 Å². The Morgan fingerprint density at radius 1 is 0.341 bits per heavy atom. The molecule has 4 aliphatic rings. The van der Waals surface area contributed by atoms with Crippen LogP contribution in [0.4, 0.5) is 19.2 Å². The number of nitrogens with one attached hydrogen (secondary N) is 4. The van der Waals surface area contributed by atoms with Gasteiger partial charge >= 0.3 is 48.0 Å². The number of ether oxygens (including phenoxy) is 4. The molecule has 4 atom stereocenters. The minimum Gasteiger partial charge on any atom is -0.467 e. The third-order valence-corrected chi connectivity index (χ3v) is 12.8. The Morgan fingerprint density at radius 2 is 0.512 bits per heavy atom. The Hall–Kier alpha value is -8.23. The number of rotatable bonds is 16. The van der Waals surface area contributed by atoms with Crippen LogP contribution in [0.5, 0.6) is 0 Å². The summed E-state index contributed by atoms with van der Waals surface area (Å²) < 4.78 is 18.4. The first-order chi connectivity index (χ1) is 38.5. The molecule has 0 unspecified atom stereocenters. The van der Waals surface area contributed by atoms with Crippen LogP contribution in [0, 0.1) is 0 Å². The van der Waals surface area contributed by atoms with Gasteiger partial charge in [-0.25, -0.2) is 58.0 Å². The van der Waals surface area contributed by atoms with Crippen LogP contribution in [0.25, 0.3) is 0 Å². The maximum absolute atomic E-state index is 12.1. The number of hydrogen-bond acceptors (Lipinski definition) is 16. The van der Waals surface area contributed by atoms with Gasteiger partial charge in [-0.1, -0.05) is 121 Å². The van der Waals surface area contributed by atoms with Crippen LogP contribution in [0.15, 0.2) is 121 Å². The van der Waals surface area contributed by atoms with E-state index in [-0.39, 0.29) is 114 Å². The zero-order chi connectivity index (χ0) is 58.1. The molecule has 0 aliphatic carbocycles. The van der Waals surface area contributed by atoms with Gasteiger partial charge in [0.2, 0.25) is 23.6 Å². The zero-order valence-electron chi connectivity index (χ0n) is 45.3. The van der Waals surface area contributed by atoms with Crippen LogP contribution in [-0.4, -0.2) is 170 Å². The smallest absolute Gasteiger partial charge is 0.330 e. The molecule has 0 spiro atoms. The topological polar surface area (TPSA) is 303 Å². The third kappa shape index (κ3) is 19.5. The third-order valence-electron chi connectivity index (χ3n) is 12.8. The molecule has 4 fully saturated rings. The Balaban J connectivity index is 0.000000285. The van der Waals surface area contributed by atoms with Crippen LogP contribution in [-0.2, 0) is 122 Å². The van der Waals surface area contributed by atoms with Crippen molar-refractivity contribution in [2.75, 3.05) is 54.6 Å². The molecule has 442 valence electrons. The van der Waals surface area contributed by atoms with Gasteiger partial charge in [0.25, 0.3) is 0 Å². The number of nitrogens with zero attached hydrogens (tertiary/aromatic N) is 4. The van der Waals surface area contributed by atoms with Crippen molar-refractivity contribution in [3.8, 4) is 0 Å². The summed E-state index contributed by atoms with van der Waals surface area (Å²) in [6.45, 7) is 0.399. The predicted molar refractivity (Wildman–Crippen MR) is 283 cm³/mol. The van der Waals surface area contributed by atoms with E-state index in [1.807, 2.05) is 121 Å². The number of carbonyl (C=O) groups excluding carboxylic acids is 12. The molecule has 8 rings (SSSR count). The van der Waals surface area contributed by atoms with Crippen molar-refractivity contribution in [1.29, 1.82) is 0 Å². The Bertz CT molecular complexity index is 2460. The second kappa shape index (κ2) is 34.8. The first kappa shape index (κ1) is 68.0. The van der Waals surface area contributed by atoms with Crippen molar-refractivity contribution < 1.29 is 115 Å². The largest absolute Gasteiger partial charge is 0.467 e. The van der Waals surface area contributed by atoms with E-state index in [4.69, 9.17) is 0 Å². The molecule has 82 heavy (non-hydrogen) atoms. The number of esters is 4. The number of aryl methyl sites for hydroxylation is 4. The van der Waals surface area contributed by atoms with Crippen molar-refractivity contribution in [3.63, 3.8) is 0 Å². The minimum atomic E-state index is -0.865. The molecule has 24 nitrogen and oxygen atoms in total. The second-order valence-corrected chi connectivity index (χ2v) is 17.9. The number of benzene rings is 4. The quantitative estimate of drug-likeness (QED) is 0.0712. The zero-order valence-corrected chi connectivity index (χ0v) is 48.6. The number of methoxy groups -OCH3 is 4. The van der Waals surface area contributed by atoms with Crippen molar-refractivity contribution in [2.45, 2.75) is 75.5 Å². The SMILES string of the molecule is COC(=O)[C@@H]1CNC(=O)N1C(=O)CCc1ccccc1.COC(=O)[C@@H]1CNC(=O)N1C(=O)CCc1ccccc1.COC(=O)[C@@H]1CNC(=O)N1C(=O)CCc1ccccc1.COC(=O)[C@@H]1CNC(=O)N1C(=O)CCc1ccccc1.[Rh].[Rh]. The summed E-state index contributed by atoms with van der Waals surface area (Å²) in [5.41, 5.74) is 4.04. The maximum Gasteiger partial charge on any atom is 0.330 e. The van der Waals surface area contributed by atoms with Crippen LogP contribution >= 0.6 is 0 Å². The number of amides is 12. The Morgan fingerprint density at radius 3 is 0.671 bits per heavy atom. The van der Waals surface area contributed by atoms with E-state index < -0.39 is 72.2 Å². The molecule has 0 aromatic heterocycles. The van der Waals surface area contributed by atoms with Crippen molar-refractivity contribution in [2.24, 2.45) is 0 Å². The standard InChI is InChI=1S/4C14H16N2O4.2Rh/c4*1-20-13(18)11-9-15-14(19)16(11)12(17)8-7-10-5-3-2-4-6-10;;/h4*2-6,11H,7-9H2,1H3,(H,15,19);;/t4*11-;;/m0000../s1. The summed E-state index contributed by atoms with van der Waals surface area (Å²) in [7, 11) is 4.94. The summed E-state index contributed by atoms with van der Waals surface area (Å²) >= 11 is 0. The minimum absolute atomic E-state index is 0. The van der Waals surface area contributed by atoms with Crippen LogP contribution in [0.3, 0.4) is 0 Å². The van der Waals surface area contributed by atoms with Crippen molar-refractivity contribution in [3.05, 3.63) is 144 Å². The van der Waals surface area contributed by atoms with Crippen LogP contribution in [0.1, 0.15) is 47.9 Å². The fourth-order valence-electron chi connectivity index (χ4n) is 8.52. The molecular formula is C56H64N8O16Rh2. The number of urea groups is 4. The molecule has 26 heteroatoms. The summed E-state index contributed by atoms with van der Waals surface area (Å²) in [5, 5.41) is 9.92. The molecule has 0 bridgehead atoms. The molecule has 4 heterocycles. The average molecular weight is 1310 g/mol. The van der Waals surface area contributed by atoms with Crippen molar-refractivity contribution >= 4 is 71.6 Å². The van der Waals surface area contributed by atoms with Gasteiger partial charge in [-0.05, 0) is 47.9 Å². The first-order valence-electron chi connectivity index (χ1n) is 25.4. The molecule has 2 radical (unpaired) electrons. The van der Waals surface area contributed by atoms with E-state index in [2.05, 4.69) is 40.2 Å². The number of imide groups is 4. The van der Waals surface area contributed by atoms with E-state index in [0.29, 0.717) is 25.7 Å². The van der Waals surface area contributed by atoms with Gasteiger partial charge in [0.15, 0.2) is 24.2 Å². The molecule has 0 saturated carbocycles. The molecule has 4 aromatic carbocycles. The van der Waals surface area contributed by atoms with E-state index in [9.17, 15) is 57.5 Å². The molecule has 4 aromatic rings. The normalized spacial score (nSPS) is 17.3. The van der Waals surface area contributed by atoms with Gasteiger partial charge in [-0.2, -0.15) is 0 Å². The van der Waals surface area contributed by atoms with Crippen molar-refractivity contribution in [1.82, 2.24) is 40.9 Å². The van der Waals surface area contributed by atoms with Gasteiger partial charge in [0.1, 0.15) is 0 Å². The Kier molecular flexibility index (Phi) is 28.9. The molecule has 4 aliphatic heterocycles. The van der Waals surface area contributed by atoms with Gasteiger partial charge in [0, 0.05) is 64.6 Å². The summed E-state index contributed by atoms with van der Waals surface area (Å²) in [4.78, 5) is 145. The molecular weight excluding hydrogens is 1250 g/mol. The number of hydrogen-bond donors (Lipinski definition) is 4. The van der Waals surface area contributed by atoms with Gasteiger partial charge < -0.3 is 40.2 Å². The molecule has 12 amide bonds. The molecule has 4 N–H and O–H groups in total. The summed E-state index contributed by atoms with van der Waals surface area (Å²) in [6.07, 6.45) is 2.79. The van der Waals surface area contributed by atoms with Crippen LogP contribution in [0.2, 0.25) is 0 Å². The van der Waals surface area contributed by atoms with E-state index in [1.165, 1.54) is 28.4 Å². The van der Waals surface area contributed by atoms with Gasteiger partial charge in [-0.15, -0.1) is 0 Å². The monoisotopic (exact) mass is 1310 g/mol. The first-order valence-corrected chi connectivity index (χ1v) is 25.4. The predicted octanol–water partition coefficient (Wildman–Crippen LogP) is 2.85. The van der Waals surface area contributed by atoms with Gasteiger partial charge in [-0.3, -0.25) is 19.2 Å². The Labute approximate surface area is 499 Å². The van der Waals surface area contributed by atoms with E-state index in [1.54, 1.807) is 0 Å². The summed E-state index contributed by atoms with van der Waals surface area (Å²) in [6, 6.07) is 32.4. The maximum atomic E-state index is 12.1. The molecule has 4 saturated heterocycles. The second-order valence-electron chi connectivity index (χ2n) is 17.9. The van der Waals surface area contributed by atoms with E-state index >= 15 is 0 Å². The average Bonchev–Trinajstić information content (AvgIpc) is 4.30. The fourth-order valence-corrected chi connectivity index (χ4v) is 8.52. The number of carbonyl (C=O) groups is 12.